The van der Waals surface area contributed by atoms with E-state index in [1.165, 1.54) is 11.8 Å². The molecule has 1 aromatic heterocycles. The predicted molar refractivity (Wildman–Crippen MR) is 119 cm³/mol. The summed E-state index contributed by atoms with van der Waals surface area (Å²) in [6.07, 6.45) is 0. The van der Waals surface area contributed by atoms with Gasteiger partial charge < -0.3 is 15.5 Å². The van der Waals surface area contributed by atoms with Gasteiger partial charge in [-0.25, -0.2) is 4.68 Å². The minimum absolute atomic E-state index is 0.0769. The first-order chi connectivity index (χ1) is 14.5. The molecule has 0 saturated heterocycles. The molecule has 2 aromatic carbocycles. The molecule has 2 heterocycles. The first-order valence-corrected chi connectivity index (χ1v) is 10.8. The summed E-state index contributed by atoms with van der Waals surface area (Å²) in [6, 6.07) is 13.6. The summed E-state index contributed by atoms with van der Waals surface area (Å²) < 4.78 is 7.40. The number of ether oxygens (including phenoxy) is 1. The van der Waals surface area contributed by atoms with E-state index in [1.807, 2.05) is 74.8 Å². The summed E-state index contributed by atoms with van der Waals surface area (Å²) in [5.41, 5.74) is 7.37. The molecule has 4 rings (SSSR count). The van der Waals surface area contributed by atoms with Gasteiger partial charge in [0.2, 0.25) is 11.1 Å². The number of thioether (sulfide) groups is 1. The van der Waals surface area contributed by atoms with Crippen LogP contribution in [-0.4, -0.2) is 32.6 Å². The number of amides is 1. The van der Waals surface area contributed by atoms with Crippen molar-refractivity contribution in [3.8, 4) is 5.75 Å². The highest BCUT2D eigenvalue weighted by Gasteiger charge is 2.37. The van der Waals surface area contributed by atoms with Crippen LogP contribution in [0.25, 0.3) is 0 Å². The molecule has 0 bridgehead atoms. The second kappa shape index (κ2) is 8.39. The number of nitrogens with zero attached hydrogens (tertiary/aromatic N) is 3. The van der Waals surface area contributed by atoms with Gasteiger partial charge in [0.15, 0.2) is 0 Å². The Bertz CT molecular complexity index is 1060. The van der Waals surface area contributed by atoms with Crippen molar-refractivity contribution in [2.75, 3.05) is 17.3 Å². The molecule has 7 nitrogen and oxygen atoms in total. The van der Waals surface area contributed by atoms with E-state index in [9.17, 15) is 4.79 Å². The lowest BCUT2D eigenvalue weighted by atomic mass is 10.0. The molecule has 0 unspecified atom stereocenters. The predicted octanol–water partition coefficient (Wildman–Crippen LogP) is 4.00. The van der Waals surface area contributed by atoms with Gasteiger partial charge in [-0.2, -0.15) is 0 Å². The van der Waals surface area contributed by atoms with E-state index in [0.29, 0.717) is 11.8 Å². The molecule has 1 aliphatic heterocycles. The van der Waals surface area contributed by atoms with Crippen molar-refractivity contribution in [3.63, 3.8) is 0 Å². The third kappa shape index (κ3) is 4.00. The van der Waals surface area contributed by atoms with E-state index in [4.69, 9.17) is 4.74 Å². The Balaban J connectivity index is 1.65. The normalized spacial score (nSPS) is 17.7. The maximum absolute atomic E-state index is 13.3. The fourth-order valence-corrected chi connectivity index (χ4v) is 4.55. The molecule has 0 spiro atoms. The number of fused-ring (bicyclic) bond motifs is 1. The SMILES string of the molecule is CCOc1ccc([C@@H]2Nn3c(C)nnc3S[C@@H]2C(=O)Nc2cc(C)ccc2C)cc1. The van der Waals surface area contributed by atoms with Crippen LogP contribution in [0.1, 0.15) is 35.5 Å². The Morgan fingerprint density at radius 3 is 2.67 bits per heavy atom. The number of carbonyl (C=O) groups excluding carboxylic acids is 1. The molecular formula is C22H25N5O2S. The van der Waals surface area contributed by atoms with Gasteiger partial charge in [0.25, 0.3) is 0 Å². The number of aryl methyl sites for hydroxylation is 3. The second-order valence-corrected chi connectivity index (χ2v) is 8.43. The third-order valence-electron chi connectivity index (χ3n) is 5.06. The molecule has 8 heteroatoms. The molecule has 0 saturated carbocycles. The van der Waals surface area contributed by atoms with Crippen LogP contribution in [0.2, 0.25) is 0 Å². The van der Waals surface area contributed by atoms with Crippen molar-refractivity contribution in [1.29, 1.82) is 0 Å². The minimum atomic E-state index is -0.418. The summed E-state index contributed by atoms with van der Waals surface area (Å²) in [7, 11) is 0. The molecule has 30 heavy (non-hydrogen) atoms. The van der Waals surface area contributed by atoms with Crippen LogP contribution >= 0.6 is 11.8 Å². The van der Waals surface area contributed by atoms with Crippen molar-refractivity contribution in [1.82, 2.24) is 14.9 Å². The van der Waals surface area contributed by atoms with Crippen LogP contribution in [0.15, 0.2) is 47.6 Å². The summed E-state index contributed by atoms with van der Waals surface area (Å²) >= 11 is 1.42. The fourth-order valence-electron chi connectivity index (χ4n) is 3.42. The Hall–Kier alpha value is -3.00. The molecule has 0 fully saturated rings. The summed E-state index contributed by atoms with van der Waals surface area (Å²) in [5, 5.41) is 11.7. The topological polar surface area (TPSA) is 81.1 Å². The smallest absolute Gasteiger partial charge is 0.240 e. The van der Waals surface area contributed by atoms with Gasteiger partial charge in [0, 0.05) is 5.69 Å². The van der Waals surface area contributed by atoms with Crippen molar-refractivity contribution in [3.05, 3.63) is 65.0 Å². The van der Waals surface area contributed by atoms with Crippen LogP contribution < -0.4 is 15.5 Å². The Morgan fingerprint density at radius 1 is 1.17 bits per heavy atom. The number of hydrogen-bond donors (Lipinski definition) is 2. The number of rotatable bonds is 5. The highest BCUT2D eigenvalue weighted by atomic mass is 32.2. The van der Waals surface area contributed by atoms with Gasteiger partial charge in [-0.3, -0.25) is 4.79 Å². The first kappa shape index (κ1) is 20.3. The molecule has 1 aliphatic rings. The van der Waals surface area contributed by atoms with Crippen LogP contribution in [0.5, 0.6) is 5.75 Å². The van der Waals surface area contributed by atoms with E-state index >= 15 is 0 Å². The molecule has 3 aromatic rings. The van der Waals surface area contributed by atoms with E-state index in [1.54, 1.807) is 0 Å². The van der Waals surface area contributed by atoms with E-state index in [0.717, 1.165) is 34.0 Å². The van der Waals surface area contributed by atoms with Crippen LogP contribution in [0.3, 0.4) is 0 Å². The standard InChI is InChI=1S/C22H25N5O2S/c1-5-29-17-10-8-16(9-11-17)19-20(30-22-25-24-15(4)27(22)26-19)21(28)23-18-12-13(2)6-7-14(18)3/h6-12,19-20,26H,5H2,1-4H3,(H,23,28)/t19-,20-/m0/s1. The van der Waals surface area contributed by atoms with Gasteiger partial charge in [-0.15, -0.1) is 10.2 Å². The summed E-state index contributed by atoms with van der Waals surface area (Å²) in [5.74, 6) is 1.48. The van der Waals surface area contributed by atoms with Crippen molar-refractivity contribution < 1.29 is 9.53 Å². The summed E-state index contributed by atoms with van der Waals surface area (Å²) in [6.45, 7) is 8.46. The van der Waals surface area contributed by atoms with Gasteiger partial charge in [-0.05, 0) is 62.6 Å². The number of anilines is 1. The van der Waals surface area contributed by atoms with Crippen molar-refractivity contribution in [2.24, 2.45) is 0 Å². The van der Waals surface area contributed by atoms with Crippen LogP contribution in [0.4, 0.5) is 5.69 Å². The number of carbonyl (C=O) groups is 1. The van der Waals surface area contributed by atoms with Gasteiger partial charge in [0.1, 0.15) is 16.8 Å². The average Bonchev–Trinajstić information content (AvgIpc) is 3.10. The largest absolute Gasteiger partial charge is 0.494 e. The highest BCUT2D eigenvalue weighted by Crippen LogP contribution is 2.38. The fraction of sp³-hybridized carbons (Fsp3) is 0.318. The number of hydrogen-bond acceptors (Lipinski definition) is 6. The molecule has 0 radical (unpaired) electrons. The zero-order chi connectivity index (χ0) is 21.3. The number of benzene rings is 2. The summed E-state index contributed by atoms with van der Waals surface area (Å²) in [4.78, 5) is 13.3. The van der Waals surface area contributed by atoms with Crippen molar-refractivity contribution in [2.45, 2.75) is 44.1 Å². The van der Waals surface area contributed by atoms with Gasteiger partial charge in [-0.1, -0.05) is 36.0 Å². The maximum Gasteiger partial charge on any atom is 0.240 e. The van der Waals surface area contributed by atoms with Crippen molar-refractivity contribution >= 4 is 23.4 Å². The molecule has 156 valence electrons. The van der Waals surface area contributed by atoms with Crippen LogP contribution in [-0.2, 0) is 4.79 Å². The minimum Gasteiger partial charge on any atom is -0.494 e. The second-order valence-electron chi connectivity index (χ2n) is 7.32. The zero-order valence-electron chi connectivity index (χ0n) is 17.5. The quantitative estimate of drug-likeness (QED) is 0.646. The lowest BCUT2D eigenvalue weighted by Gasteiger charge is -2.33. The molecule has 1 amide bonds. The molecular weight excluding hydrogens is 398 g/mol. The molecule has 2 atom stereocenters. The maximum atomic E-state index is 13.3. The number of aromatic nitrogens is 3. The number of nitrogens with one attached hydrogen (secondary N) is 2. The van der Waals surface area contributed by atoms with Gasteiger partial charge >= 0.3 is 0 Å². The molecule has 2 N–H and O–H groups in total. The third-order valence-corrected chi connectivity index (χ3v) is 6.27. The lowest BCUT2D eigenvalue weighted by molar-refractivity contribution is -0.116. The Labute approximate surface area is 180 Å². The van der Waals surface area contributed by atoms with Gasteiger partial charge in [0.05, 0.1) is 12.6 Å². The Morgan fingerprint density at radius 2 is 1.93 bits per heavy atom. The lowest BCUT2D eigenvalue weighted by Crippen LogP contribution is -2.41. The first-order valence-electron chi connectivity index (χ1n) is 9.92. The zero-order valence-corrected chi connectivity index (χ0v) is 18.3. The van der Waals surface area contributed by atoms with Crippen LogP contribution in [0, 0.1) is 20.8 Å². The average molecular weight is 424 g/mol. The molecule has 0 aliphatic carbocycles. The highest BCUT2D eigenvalue weighted by molar-refractivity contribution is 8.00. The van der Waals surface area contributed by atoms with E-state index in [-0.39, 0.29) is 11.9 Å². The van der Waals surface area contributed by atoms with E-state index < -0.39 is 5.25 Å². The van der Waals surface area contributed by atoms with E-state index in [2.05, 4.69) is 20.9 Å². The monoisotopic (exact) mass is 423 g/mol. The Kier molecular flexibility index (Phi) is 5.67.